The molecule has 6 nitrogen and oxygen atoms in total. The van der Waals surface area contributed by atoms with Crippen LogP contribution in [0.1, 0.15) is 63.9 Å². The Bertz CT molecular complexity index is 780. The van der Waals surface area contributed by atoms with Gasteiger partial charge in [0.05, 0.1) is 0 Å². The summed E-state index contributed by atoms with van der Waals surface area (Å²) >= 11 is 0. The van der Waals surface area contributed by atoms with Crippen molar-refractivity contribution in [1.29, 1.82) is 0 Å². The van der Waals surface area contributed by atoms with Gasteiger partial charge in [0, 0.05) is 18.2 Å². The van der Waals surface area contributed by atoms with E-state index in [1.54, 1.807) is 0 Å². The molecule has 0 radical (unpaired) electrons. The number of aromatic nitrogens is 4. The maximum atomic E-state index is 12.9. The largest absolute Gasteiger partial charge is 0.338 e. The lowest BCUT2D eigenvalue weighted by atomic mass is 9.78. The summed E-state index contributed by atoms with van der Waals surface area (Å²) in [6, 6.07) is 8.67. The van der Waals surface area contributed by atoms with Crippen molar-refractivity contribution in [3.05, 3.63) is 29.8 Å². The molecule has 0 N–H and O–H groups in total. The van der Waals surface area contributed by atoms with Crippen LogP contribution in [0, 0.1) is 5.92 Å². The number of amides is 1. The van der Waals surface area contributed by atoms with Gasteiger partial charge < -0.3 is 4.90 Å². The molecule has 1 aromatic carbocycles. The lowest BCUT2D eigenvalue weighted by Gasteiger charge is -2.44. The van der Waals surface area contributed by atoms with Gasteiger partial charge in [0.15, 0.2) is 0 Å². The van der Waals surface area contributed by atoms with Crippen LogP contribution in [-0.2, 0) is 11.3 Å². The Morgan fingerprint density at radius 3 is 2.63 bits per heavy atom. The highest BCUT2D eigenvalue weighted by molar-refractivity contribution is 5.76. The molecule has 1 aliphatic carbocycles. The van der Waals surface area contributed by atoms with Gasteiger partial charge in [0.1, 0.15) is 6.54 Å². The Kier molecular flexibility index (Phi) is 5.23. The Hall–Kier alpha value is -2.24. The van der Waals surface area contributed by atoms with Crippen LogP contribution in [0.4, 0.5) is 0 Å². The maximum absolute atomic E-state index is 12.9. The molecule has 2 aliphatic rings. The number of hydrogen-bond acceptors (Lipinski definition) is 4. The van der Waals surface area contributed by atoms with Crippen LogP contribution in [0.25, 0.3) is 11.4 Å². The van der Waals surface area contributed by atoms with Crippen LogP contribution in [0.15, 0.2) is 24.3 Å². The van der Waals surface area contributed by atoms with Crippen LogP contribution >= 0.6 is 0 Å². The molecule has 27 heavy (non-hydrogen) atoms. The second-order valence-corrected chi connectivity index (χ2v) is 8.26. The third-order valence-electron chi connectivity index (χ3n) is 6.13. The lowest BCUT2D eigenvalue weighted by molar-refractivity contribution is -0.138. The number of carbonyl (C=O) groups excluding carboxylic acids is 1. The van der Waals surface area contributed by atoms with E-state index in [1.165, 1.54) is 36.0 Å². The number of likely N-dealkylation sites (tertiary alicyclic amines) is 1. The monoisotopic (exact) mass is 367 g/mol. The summed E-state index contributed by atoms with van der Waals surface area (Å²) in [7, 11) is 0. The van der Waals surface area contributed by atoms with E-state index in [0.29, 0.717) is 23.7 Å². The van der Waals surface area contributed by atoms with Crippen LogP contribution in [0.5, 0.6) is 0 Å². The Morgan fingerprint density at radius 2 is 1.85 bits per heavy atom. The molecule has 144 valence electrons. The first-order valence-electron chi connectivity index (χ1n) is 10.3. The summed E-state index contributed by atoms with van der Waals surface area (Å²) in [5.41, 5.74) is 2.22. The first kappa shape index (κ1) is 18.1. The number of hydrogen-bond donors (Lipinski definition) is 0. The second-order valence-electron chi connectivity index (χ2n) is 8.26. The minimum absolute atomic E-state index is 0.130. The zero-order valence-corrected chi connectivity index (χ0v) is 16.3. The first-order valence-corrected chi connectivity index (χ1v) is 10.3. The third kappa shape index (κ3) is 3.89. The fourth-order valence-corrected chi connectivity index (χ4v) is 4.59. The number of tetrazole rings is 1. The van der Waals surface area contributed by atoms with E-state index in [-0.39, 0.29) is 12.5 Å². The number of rotatable bonds is 4. The molecule has 1 aromatic heterocycles. The van der Waals surface area contributed by atoms with Gasteiger partial charge in [-0.25, -0.2) is 0 Å². The lowest BCUT2D eigenvalue weighted by Crippen LogP contribution is -2.50. The van der Waals surface area contributed by atoms with Crippen molar-refractivity contribution in [2.75, 3.05) is 6.54 Å². The summed E-state index contributed by atoms with van der Waals surface area (Å²) in [6.07, 6.45) is 7.36. The fraction of sp³-hybridized carbons (Fsp3) is 0.619. The molecule has 0 bridgehead atoms. The minimum atomic E-state index is 0.130. The quantitative estimate of drug-likeness (QED) is 0.827. The van der Waals surface area contributed by atoms with Crippen molar-refractivity contribution in [2.24, 2.45) is 5.92 Å². The average molecular weight is 367 g/mol. The van der Waals surface area contributed by atoms with Gasteiger partial charge in [-0.3, -0.25) is 4.79 Å². The number of benzene rings is 1. The van der Waals surface area contributed by atoms with Crippen LogP contribution in [0.2, 0.25) is 0 Å². The Morgan fingerprint density at radius 1 is 1.11 bits per heavy atom. The average Bonchev–Trinajstić information content (AvgIpc) is 3.16. The van der Waals surface area contributed by atoms with E-state index in [0.717, 1.165) is 24.9 Å². The molecule has 1 saturated carbocycles. The molecular formula is C21H29N5O. The molecular weight excluding hydrogens is 338 g/mol. The standard InChI is InChI=1S/C21H29N5O/c1-15(2)16-9-11-18(12-10-16)21-22-24-26(23-21)14-20(27)25-13-5-7-17-6-3-4-8-19(17)25/h9-12,15,17,19H,3-8,13-14H2,1-2H3/t17-,19-/m1/s1. The molecule has 1 aliphatic heterocycles. The summed E-state index contributed by atoms with van der Waals surface area (Å²) in [6.45, 7) is 5.40. The molecule has 1 saturated heterocycles. The number of carbonyl (C=O) groups is 1. The highest BCUT2D eigenvalue weighted by atomic mass is 16.2. The molecule has 0 unspecified atom stereocenters. The first-order chi connectivity index (χ1) is 13.1. The van der Waals surface area contributed by atoms with Crippen molar-refractivity contribution in [2.45, 2.75) is 70.9 Å². The van der Waals surface area contributed by atoms with Gasteiger partial charge in [-0.2, -0.15) is 4.80 Å². The van der Waals surface area contributed by atoms with Crippen molar-refractivity contribution < 1.29 is 4.79 Å². The van der Waals surface area contributed by atoms with Crippen molar-refractivity contribution in [3.8, 4) is 11.4 Å². The Balaban J connectivity index is 1.43. The molecule has 0 spiro atoms. The van der Waals surface area contributed by atoms with E-state index in [4.69, 9.17) is 0 Å². The molecule has 6 heteroatoms. The topological polar surface area (TPSA) is 63.9 Å². The fourth-order valence-electron chi connectivity index (χ4n) is 4.59. The van der Waals surface area contributed by atoms with Crippen LogP contribution in [0.3, 0.4) is 0 Å². The van der Waals surface area contributed by atoms with Gasteiger partial charge in [-0.1, -0.05) is 51.0 Å². The van der Waals surface area contributed by atoms with Crippen LogP contribution < -0.4 is 0 Å². The van der Waals surface area contributed by atoms with Crippen molar-refractivity contribution in [1.82, 2.24) is 25.1 Å². The van der Waals surface area contributed by atoms with Gasteiger partial charge in [0.2, 0.25) is 11.7 Å². The van der Waals surface area contributed by atoms with Crippen molar-refractivity contribution >= 4 is 5.91 Å². The van der Waals surface area contributed by atoms with Gasteiger partial charge in [-0.05, 0) is 48.3 Å². The number of piperidine rings is 1. The smallest absolute Gasteiger partial charge is 0.246 e. The zero-order valence-electron chi connectivity index (χ0n) is 16.3. The molecule has 2 heterocycles. The number of nitrogens with zero attached hydrogens (tertiary/aromatic N) is 5. The molecule has 2 atom stereocenters. The number of fused-ring (bicyclic) bond motifs is 1. The SMILES string of the molecule is CC(C)c1ccc(-c2nnn(CC(=O)N3CCC[C@H]4CCCC[C@H]43)n2)cc1. The van der Waals surface area contributed by atoms with Crippen molar-refractivity contribution in [3.63, 3.8) is 0 Å². The molecule has 4 rings (SSSR count). The molecule has 1 amide bonds. The highest BCUT2D eigenvalue weighted by Crippen LogP contribution is 2.35. The maximum Gasteiger partial charge on any atom is 0.246 e. The second kappa shape index (κ2) is 7.79. The molecule has 2 aromatic rings. The minimum Gasteiger partial charge on any atom is -0.338 e. The van der Waals surface area contributed by atoms with E-state index < -0.39 is 0 Å². The summed E-state index contributed by atoms with van der Waals surface area (Å²) in [5, 5.41) is 12.7. The van der Waals surface area contributed by atoms with Gasteiger partial charge in [0.25, 0.3) is 0 Å². The van der Waals surface area contributed by atoms with Crippen LogP contribution in [-0.4, -0.2) is 43.6 Å². The van der Waals surface area contributed by atoms with E-state index in [1.807, 2.05) is 12.1 Å². The van der Waals surface area contributed by atoms with Gasteiger partial charge >= 0.3 is 0 Å². The highest BCUT2D eigenvalue weighted by Gasteiger charge is 2.35. The predicted octanol–water partition coefficient (Wildman–Crippen LogP) is 3.64. The van der Waals surface area contributed by atoms with Gasteiger partial charge in [-0.15, -0.1) is 10.2 Å². The predicted molar refractivity (Wildman–Crippen MR) is 104 cm³/mol. The molecule has 2 fully saturated rings. The zero-order chi connectivity index (χ0) is 18.8. The van der Waals surface area contributed by atoms with E-state index in [2.05, 4.69) is 46.3 Å². The summed E-state index contributed by atoms with van der Waals surface area (Å²) in [5.74, 6) is 1.89. The third-order valence-corrected chi connectivity index (χ3v) is 6.13. The normalized spacial score (nSPS) is 22.7. The van der Waals surface area contributed by atoms with E-state index >= 15 is 0 Å². The Labute approximate surface area is 160 Å². The van der Waals surface area contributed by atoms with E-state index in [9.17, 15) is 4.79 Å². The summed E-state index contributed by atoms with van der Waals surface area (Å²) in [4.78, 5) is 16.4. The summed E-state index contributed by atoms with van der Waals surface area (Å²) < 4.78 is 0.